The lowest BCUT2D eigenvalue weighted by Gasteiger charge is -2.22. The molecule has 0 amide bonds. The topological polar surface area (TPSA) is 29.5 Å². The van der Waals surface area contributed by atoms with E-state index in [1.54, 1.807) is 0 Å². The molecule has 0 rings (SSSR count). The number of ether oxygens (including phenoxy) is 1. The molecule has 1 atom stereocenters. The normalized spacial score (nSPS) is 12.9. The van der Waals surface area contributed by atoms with Crippen LogP contribution in [0.15, 0.2) is 0 Å². The monoisotopic (exact) mass is 265 g/mol. The van der Waals surface area contributed by atoms with Gasteiger partial charge in [0.15, 0.2) is 0 Å². The van der Waals surface area contributed by atoms with E-state index >= 15 is 0 Å². The molecule has 0 radical (unpaired) electrons. The zero-order chi connectivity index (χ0) is 11.0. The Hall–Kier alpha value is -0.0900. The number of rotatable bonds is 7. The van der Waals surface area contributed by atoms with E-state index in [9.17, 15) is 4.79 Å². The van der Waals surface area contributed by atoms with Crippen molar-refractivity contribution in [3.63, 3.8) is 0 Å². The number of alkyl halides is 1. The summed E-state index contributed by atoms with van der Waals surface area (Å²) in [5.41, 5.74) is 0. The molecule has 4 heteroatoms. The Kier molecular flexibility index (Phi) is 8.18. The number of halogens is 1. The minimum Gasteiger partial charge on any atom is -0.468 e. The standard InChI is InChI=1S/C10H20BrNO2/c1-4-6-12(7-5-2)8-9(11)10(13)14-3/h9H,4-8H2,1-3H3. The summed E-state index contributed by atoms with van der Waals surface area (Å²) in [6, 6.07) is 0. The van der Waals surface area contributed by atoms with Crippen molar-refractivity contribution in [2.75, 3.05) is 26.7 Å². The van der Waals surface area contributed by atoms with Gasteiger partial charge < -0.3 is 9.64 Å². The van der Waals surface area contributed by atoms with Gasteiger partial charge in [0, 0.05) is 6.54 Å². The quantitative estimate of drug-likeness (QED) is 0.521. The molecule has 0 aromatic carbocycles. The van der Waals surface area contributed by atoms with Gasteiger partial charge in [-0.25, -0.2) is 0 Å². The predicted octanol–water partition coefficient (Wildman–Crippen LogP) is 2.04. The van der Waals surface area contributed by atoms with Gasteiger partial charge in [-0.05, 0) is 25.9 Å². The van der Waals surface area contributed by atoms with Crippen LogP contribution in [0.3, 0.4) is 0 Å². The summed E-state index contributed by atoms with van der Waals surface area (Å²) < 4.78 is 4.66. The van der Waals surface area contributed by atoms with E-state index in [4.69, 9.17) is 0 Å². The molecular formula is C10H20BrNO2. The minimum atomic E-state index is -0.203. The minimum absolute atomic E-state index is 0.192. The maximum Gasteiger partial charge on any atom is 0.320 e. The van der Waals surface area contributed by atoms with Gasteiger partial charge in [-0.3, -0.25) is 4.79 Å². The van der Waals surface area contributed by atoms with Gasteiger partial charge in [-0.15, -0.1) is 0 Å². The first kappa shape index (κ1) is 13.9. The molecule has 0 saturated carbocycles. The fraction of sp³-hybridized carbons (Fsp3) is 0.900. The van der Waals surface area contributed by atoms with Crippen molar-refractivity contribution in [1.29, 1.82) is 0 Å². The highest BCUT2D eigenvalue weighted by molar-refractivity contribution is 9.10. The fourth-order valence-electron chi connectivity index (χ4n) is 1.36. The first-order chi connectivity index (χ1) is 6.65. The van der Waals surface area contributed by atoms with Crippen LogP contribution in [0, 0.1) is 0 Å². The molecule has 3 nitrogen and oxygen atoms in total. The van der Waals surface area contributed by atoms with Gasteiger partial charge in [-0.2, -0.15) is 0 Å². The van der Waals surface area contributed by atoms with Crippen LogP contribution < -0.4 is 0 Å². The smallest absolute Gasteiger partial charge is 0.320 e. The number of nitrogens with zero attached hydrogens (tertiary/aromatic N) is 1. The zero-order valence-electron chi connectivity index (χ0n) is 9.25. The van der Waals surface area contributed by atoms with Gasteiger partial charge in [0.05, 0.1) is 7.11 Å². The summed E-state index contributed by atoms with van der Waals surface area (Å²) in [5, 5.41) is 0. The Bertz CT molecular complexity index is 158. The van der Waals surface area contributed by atoms with Crippen LogP contribution >= 0.6 is 15.9 Å². The molecule has 84 valence electrons. The Morgan fingerprint density at radius 3 is 2.21 bits per heavy atom. The summed E-state index contributed by atoms with van der Waals surface area (Å²) in [6.45, 7) is 7.09. The SMILES string of the molecule is CCCN(CCC)CC(Br)C(=O)OC. The first-order valence-electron chi connectivity index (χ1n) is 5.09. The second-order valence-corrected chi connectivity index (χ2v) is 4.40. The summed E-state index contributed by atoms with van der Waals surface area (Å²) in [7, 11) is 1.42. The first-order valence-corrected chi connectivity index (χ1v) is 6.01. The Morgan fingerprint density at radius 1 is 1.36 bits per heavy atom. The van der Waals surface area contributed by atoms with Crippen molar-refractivity contribution in [2.24, 2.45) is 0 Å². The largest absolute Gasteiger partial charge is 0.468 e. The third kappa shape index (κ3) is 5.60. The number of hydrogen-bond donors (Lipinski definition) is 0. The van der Waals surface area contributed by atoms with Crippen molar-refractivity contribution < 1.29 is 9.53 Å². The van der Waals surface area contributed by atoms with Crippen LogP contribution in [0.5, 0.6) is 0 Å². The van der Waals surface area contributed by atoms with Crippen molar-refractivity contribution in [3.8, 4) is 0 Å². The lowest BCUT2D eigenvalue weighted by Crippen LogP contribution is -2.35. The summed E-state index contributed by atoms with van der Waals surface area (Å²) in [4.78, 5) is 13.2. The molecule has 0 aliphatic rings. The highest BCUT2D eigenvalue weighted by Gasteiger charge is 2.18. The van der Waals surface area contributed by atoms with Crippen LogP contribution in [0.4, 0.5) is 0 Å². The molecule has 0 saturated heterocycles. The molecule has 0 spiro atoms. The van der Waals surface area contributed by atoms with E-state index in [-0.39, 0.29) is 10.8 Å². The van der Waals surface area contributed by atoms with E-state index in [1.165, 1.54) is 7.11 Å². The van der Waals surface area contributed by atoms with Crippen LogP contribution in [-0.2, 0) is 9.53 Å². The lowest BCUT2D eigenvalue weighted by molar-refractivity contribution is -0.140. The van der Waals surface area contributed by atoms with Gasteiger partial charge >= 0.3 is 5.97 Å². The number of carbonyl (C=O) groups excluding carboxylic acids is 1. The van der Waals surface area contributed by atoms with E-state index in [2.05, 4.69) is 39.4 Å². The molecule has 0 aromatic rings. The van der Waals surface area contributed by atoms with Gasteiger partial charge in [0.1, 0.15) is 4.83 Å². The highest BCUT2D eigenvalue weighted by atomic mass is 79.9. The van der Waals surface area contributed by atoms with E-state index in [0.29, 0.717) is 0 Å². The number of methoxy groups -OCH3 is 1. The molecular weight excluding hydrogens is 246 g/mol. The van der Waals surface area contributed by atoms with E-state index in [1.807, 2.05) is 0 Å². The molecule has 0 aliphatic heterocycles. The highest BCUT2D eigenvalue weighted by Crippen LogP contribution is 2.06. The second kappa shape index (κ2) is 8.24. The Labute approximate surface area is 94.9 Å². The van der Waals surface area contributed by atoms with Gasteiger partial charge in [0.25, 0.3) is 0 Å². The van der Waals surface area contributed by atoms with Crippen LogP contribution in [-0.4, -0.2) is 42.4 Å². The number of carbonyl (C=O) groups is 1. The van der Waals surface area contributed by atoms with Crippen LogP contribution in [0.2, 0.25) is 0 Å². The number of esters is 1. The summed E-state index contributed by atoms with van der Waals surface area (Å²) in [6.07, 6.45) is 2.22. The third-order valence-electron chi connectivity index (χ3n) is 1.96. The van der Waals surface area contributed by atoms with Crippen molar-refractivity contribution in [2.45, 2.75) is 31.5 Å². The third-order valence-corrected chi connectivity index (χ3v) is 2.62. The van der Waals surface area contributed by atoms with Crippen molar-refractivity contribution in [1.82, 2.24) is 4.90 Å². The lowest BCUT2D eigenvalue weighted by atomic mass is 10.3. The molecule has 14 heavy (non-hydrogen) atoms. The summed E-state index contributed by atoms with van der Waals surface area (Å²) in [5.74, 6) is -0.192. The van der Waals surface area contributed by atoms with Crippen LogP contribution in [0.1, 0.15) is 26.7 Å². The second-order valence-electron chi connectivity index (χ2n) is 3.29. The zero-order valence-corrected chi connectivity index (χ0v) is 10.8. The molecule has 0 aromatic heterocycles. The predicted molar refractivity (Wildman–Crippen MR) is 61.8 cm³/mol. The van der Waals surface area contributed by atoms with Crippen LogP contribution in [0.25, 0.3) is 0 Å². The fourth-order valence-corrected chi connectivity index (χ4v) is 1.95. The average Bonchev–Trinajstić information content (AvgIpc) is 2.17. The van der Waals surface area contributed by atoms with Gasteiger partial charge in [0.2, 0.25) is 0 Å². The molecule has 0 aliphatic carbocycles. The van der Waals surface area contributed by atoms with Gasteiger partial charge in [-0.1, -0.05) is 29.8 Å². The maximum atomic E-state index is 11.2. The average molecular weight is 266 g/mol. The molecule has 1 unspecified atom stereocenters. The summed E-state index contributed by atoms with van der Waals surface area (Å²) >= 11 is 3.33. The Balaban J connectivity index is 3.94. The maximum absolute atomic E-state index is 11.2. The molecule has 0 N–H and O–H groups in total. The van der Waals surface area contributed by atoms with Crippen molar-refractivity contribution in [3.05, 3.63) is 0 Å². The van der Waals surface area contributed by atoms with Crippen molar-refractivity contribution >= 4 is 21.9 Å². The molecule has 0 fully saturated rings. The van der Waals surface area contributed by atoms with E-state index in [0.717, 1.165) is 32.5 Å². The molecule has 0 bridgehead atoms. The molecule has 0 heterocycles. The number of hydrogen-bond acceptors (Lipinski definition) is 3. The Morgan fingerprint density at radius 2 is 1.86 bits per heavy atom. The van der Waals surface area contributed by atoms with E-state index < -0.39 is 0 Å².